The van der Waals surface area contributed by atoms with Crippen molar-refractivity contribution >= 4 is 10.9 Å². The highest BCUT2D eigenvalue weighted by atomic mass is 15.3. The second kappa shape index (κ2) is 5.84. The second-order valence-corrected chi connectivity index (χ2v) is 4.80. The van der Waals surface area contributed by atoms with Gasteiger partial charge in [0, 0.05) is 18.1 Å². The maximum Gasteiger partial charge on any atom is 0.0880 e. The van der Waals surface area contributed by atoms with Crippen LogP contribution in [0, 0.1) is 0 Å². The Morgan fingerprint density at radius 2 is 2.05 bits per heavy atom. The Labute approximate surface area is 118 Å². The quantitative estimate of drug-likeness (QED) is 0.722. The Morgan fingerprint density at radius 3 is 2.95 bits per heavy atom. The lowest BCUT2D eigenvalue weighted by Gasteiger charge is -2.10. The first-order chi connectivity index (χ1) is 9.90. The predicted molar refractivity (Wildman–Crippen MR) is 80.9 cm³/mol. The molecular weight excluding hydrogens is 248 g/mol. The summed E-state index contributed by atoms with van der Waals surface area (Å²) in [6, 6.07) is 10.3. The first-order valence-electron chi connectivity index (χ1n) is 6.97. The molecule has 3 aromatic rings. The van der Waals surface area contributed by atoms with Crippen molar-refractivity contribution in [2.75, 3.05) is 6.54 Å². The average Bonchev–Trinajstić information content (AvgIpc) is 2.92. The molecule has 1 aromatic carbocycles. The third-order valence-electron chi connectivity index (χ3n) is 3.34. The summed E-state index contributed by atoms with van der Waals surface area (Å²) in [5.41, 5.74) is 3.36. The van der Waals surface area contributed by atoms with Crippen molar-refractivity contribution in [1.82, 2.24) is 20.1 Å². The number of aromatic nitrogens is 3. The molecule has 0 saturated carbocycles. The van der Waals surface area contributed by atoms with Crippen molar-refractivity contribution in [3.63, 3.8) is 0 Å². The number of nitrogens with one attached hydrogen (secondary N) is 1. The molecule has 4 nitrogen and oxygen atoms in total. The lowest BCUT2D eigenvalue weighted by molar-refractivity contribution is 0.670. The van der Waals surface area contributed by atoms with Crippen molar-refractivity contribution in [2.24, 2.45) is 0 Å². The zero-order valence-electron chi connectivity index (χ0n) is 11.6. The van der Waals surface area contributed by atoms with Crippen LogP contribution in [0.2, 0.25) is 0 Å². The molecule has 0 amide bonds. The molecule has 0 spiro atoms. The van der Waals surface area contributed by atoms with Gasteiger partial charge < -0.3 is 5.32 Å². The van der Waals surface area contributed by atoms with Gasteiger partial charge in [-0.3, -0.25) is 4.98 Å². The van der Waals surface area contributed by atoms with E-state index in [9.17, 15) is 0 Å². The SMILES string of the molecule is CCCNCc1ccncc1-n1ncc2ccccc21. The molecule has 0 radical (unpaired) electrons. The summed E-state index contributed by atoms with van der Waals surface area (Å²) >= 11 is 0. The molecule has 0 aliphatic heterocycles. The Balaban J connectivity index is 2.01. The number of fused-ring (bicyclic) bond motifs is 1. The van der Waals surface area contributed by atoms with Gasteiger partial charge in [0.25, 0.3) is 0 Å². The van der Waals surface area contributed by atoms with E-state index in [1.165, 1.54) is 5.56 Å². The Kier molecular flexibility index (Phi) is 3.74. The minimum atomic E-state index is 0.833. The van der Waals surface area contributed by atoms with Gasteiger partial charge in [-0.05, 0) is 30.7 Å². The molecule has 0 aliphatic rings. The van der Waals surface area contributed by atoms with Gasteiger partial charge in [0.15, 0.2) is 0 Å². The number of nitrogens with zero attached hydrogens (tertiary/aromatic N) is 3. The molecule has 0 saturated heterocycles. The topological polar surface area (TPSA) is 42.7 Å². The van der Waals surface area contributed by atoms with E-state index in [1.807, 2.05) is 35.4 Å². The van der Waals surface area contributed by atoms with E-state index in [4.69, 9.17) is 0 Å². The number of para-hydroxylation sites is 1. The summed E-state index contributed by atoms with van der Waals surface area (Å²) < 4.78 is 1.96. The van der Waals surface area contributed by atoms with Crippen LogP contribution in [0.5, 0.6) is 0 Å². The Morgan fingerprint density at radius 1 is 1.15 bits per heavy atom. The van der Waals surface area contributed by atoms with E-state index >= 15 is 0 Å². The summed E-state index contributed by atoms with van der Waals surface area (Å²) in [5, 5.41) is 9.08. The number of hydrogen-bond acceptors (Lipinski definition) is 3. The number of rotatable bonds is 5. The Bertz CT molecular complexity index is 702. The molecule has 20 heavy (non-hydrogen) atoms. The minimum absolute atomic E-state index is 0.833. The molecule has 0 aliphatic carbocycles. The van der Waals surface area contributed by atoms with Gasteiger partial charge in [0.2, 0.25) is 0 Å². The van der Waals surface area contributed by atoms with Crippen molar-refractivity contribution < 1.29 is 0 Å². The summed E-state index contributed by atoms with van der Waals surface area (Å²) in [6.07, 6.45) is 6.73. The highest BCUT2D eigenvalue weighted by Crippen LogP contribution is 2.20. The fourth-order valence-corrected chi connectivity index (χ4v) is 2.32. The monoisotopic (exact) mass is 266 g/mol. The van der Waals surface area contributed by atoms with Crippen molar-refractivity contribution in [3.05, 3.63) is 54.5 Å². The lowest BCUT2D eigenvalue weighted by Crippen LogP contribution is -2.16. The van der Waals surface area contributed by atoms with Crippen LogP contribution in [0.3, 0.4) is 0 Å². The van der Waals surface area contributed by atoms with Gasteiger partial charge in [0.05, 0.1) is 23.6 Å². The molecule has 2 aromatic heterocycles. The van der Waals surface area contributed by atoms with E-state index in [-0.39, 0.29) is 0 Å². The van der Waals surface area contributed by atoms with Gasteiger partial charge in [-0.2, -0.15) is 5.10 Å². The second-order valence-electron chi connectivity index (χ2n) is 4.80. The van der Waals surface area contributed by atoms with Crippen molar-refractivity contribution in [1.29, 1.82) is 0 Å². The van der Waals surface area contributed by atoms with E-state index in [0.717, 1.165) is 36.1 Å². The van der Waals surface area contributed by atoms with Gasteiger partial charge in [-0.1, -0.05) is 25.1 Å². The number of hydrogen-bond donors (Lipinski definition) is 1. The first kappa shape index (κ1) is 12.8. The normalized spacial score (nSPS) is 11.1. The van der Waals surface area contributed by atoms with E-state index in [1.54, 1.807) is 0 Å². The smallest absolute Gasteiger partial charge is 0.0880 e. The molecule has 0 atom stereocenters. The van der Waals surface area contributed by atoms with Gasteiger partial charge in [-0.25, -0.2) is 4.68 Å². The number of benzene rings is 1. The van der Waals surface area contributed by atoms with Crippen molar-refractivity contribution in [3.8, 4) is 5.69 Å². The fourth-order valence-electron chi connectivity index (χ4n) is 2.32. The summed E-state index contributed by atoms with van der Waals surface area (Å²) in [5.74, 6) is 0. The maximum atomic E-state index is 4.50. The molecule has 0 unspecified atom stereocenters. The molecule has 102 valence electrons. The van der Waals surface area contributed by atoms with E-state index in [2.05, 4.69) is 40.5 Å². The zero-order chi connectivity index (χ0) is 13.8. The highest BCUT2D eigenvalue weighted by Gasteiger charge is 2.08. The van der Waals surface area contributed by atoms with Crippen LogP contribution in [0.4, 0.5) is 0 Å². The summed E-state index contributed by atoms with van der Waals surface area (Å²) in [7, 11) is 0. The summed E-state index contributed by atoms with van der Waals surface area (Å²) in [6.45, 7) is 4.02. The van der Waals surface area contributed by atoms with Crippen LogP contribution < -0.4 is 5.32 Å². The summed E-state index contributed by atoms with van der Waals surface area (Å²) in [4.78, 5) is 4.25. The average molecular weight is 266 g/mol. The van der Waals surface area contributed by atoms with E-state index < -0.39 is 0 Å². The maximum absolute atomic E-state index is 4.50. The van der Waals surface area contributed by atoms with Gasteiger partial charge >= 0.3 is 0 Å². The largest absolute Gasteiger partial charge is 0.313 e. The molecule has 0 bridgehead atoms. The number of pyridine rings is 1. The molecule has 4 heteroatoms. The standard InChI is InChI=1S/C16H18N4/c1-2-8-17-10-14-7-9-18-12-16(14)20-15-6-4-3-5-13(15)11-19-20/h3-7,9,11-12,17H,2,8,10H2,1H3. The van der Waals surface area contributed by atoms with Crippen LogP contribution in [0.15, 0.2) is 48.9 Å². The van der Waals surface area contributed by atoms with Crippen LogP contribution in [0.1, 0.15) is 18.9 Å². The fraction of sp³-hybridized carbons (Fsp3) is 0.250. The van der Waals surface area contributed by atoms with Crippen LogP contribution >= 0.6 is 0 Å². The molecule has 1 N–H and O–H groups in total. The predicted octanol–water partition coefficient (Wildman–Crippen LogP) is 2.92. The van der Waals surface area contributed by atoms with Gasteiger partial charge in [0.1, 0.15) is 0 Å². The molecular formula is C16H18N4. The van der Waals surface area contributed by atoms with Crippen LogP contribution in [-0.2, 0) is 6.54 Å². The highest BCUT2D eigenvalue weighted by molar-refractivity contribution is 5.80. The van der Waals surface area contributed by atoms with Gasteiger partial charge in [-0.15, -0.1) is 0 Å². The third kappa shape index (κ3) is 2.42. The minimum Gasteiger partial charge on any atom is -0.313 e. The van der Waals surface area contributed by atoms with E-state index in [0.29, 0.717) is 0 Å². The Hall–Kier alpha value is -2.20. The first-order valence-corrected chi connectivity index (χ1v) is 6.97. The molecule has 0 fully saturated rings. The van der Waals surface area contributed by atoms with Crippen molar-refractivity contribution in [2.45, 2.75) is 19.9 Å². The zero-order valence-corrected chi connectivity index (χ0v) is 11.6. The van der Waals surface area contributed by atoms with Crippen LogP contribution in [-0.4, -0.2) is 21.3 Å². The molecule has 3 rings (SSSR count). The van der Waals surface area contributed by atoms with Crippen LogP contribution in [0.25, 0.3) is 16.6 Å². The third-order valence-corrected chi connectivity index (χ3v) is 3.34. The molecule has 2 heterocycles. The lowest BCUT2D eigenvalue weighted by atomic mass is 10.2.